The number of thioether (sulfide) groups is 1. The van der Waals surface area contributed by atoms with Crippen LogP contribution in [0.5, 0.6) is 5.75 Å². The van der Waals surface area contributed by atoms with Gasteiger partial charge in [0.05, 0.1) is 28.6 Å². The van der Waals surface area contributed by atoms with E-state index >= 15 is 0 Å². The van der Waals surface area contributed by atoms with Crippen LogP contribution in [-0.4, -0.2) is 22.2 Å². The summed E-state index contributed by atoms with van der Waals surface area (Å²) in [5, 5.41) is 0.780. The Morgan fingerprint density at radius 3 is 2.44 bits per heavy atom. The zero-order valence-corrected chi connectivity index (χ0v) is 16.3. The van der Waals surface area contributed by atoms with E-state index in [-0.39, 0.29) is 5.91 Å². The molecule has 1 heterocycles. The topological polar surface area (TPSA) is 29.5 Å². The Labute approximate surface area is 165 Å². The average Bonchev–Trinajstić information content (AvgIpc) is 2.83. The molecule has 0 N–H and O–H groups in total. The highest BCUT2D eigenvalue weighted by Gasteiger charge is 2.32. The summed E-state index contributed by atoms with van der Waals surface area (Å²) in [5.74, 6) is 0.291. The maximum atomic E-state index is 12.7. The molecule has 0 radical (unpaired) electrons. The average molecular weight is 410 g/mol. The van der Waals surface area contributed by atoms with Gasteiger partial charge in [0.25, 0.3) is 5.91 Å². The van der Waals surface area contributed by atoms with E-state index in [9.17, 15) is 4.79 Å². The highest BCUT2D eigenvalue weighted by Crippen LogP contribution is 2.37. The molecule has 0 aromatic heterocycles. The number of thiocarbonyl (C=S) groups is 1. The highest BCUT2D eigenvalue weighted by atomic mass is 35.5. The van der Waals surface area contributed by atoms with E-state index in [1.54, 1.807) is 23.1 Å². The Balaban J connectivity index is 1.85. The zero-order valence-electron chi connectivity index (χ0n) is 13.2. The molecular weight excluding hydrogens is 397 g/mol. The Bertz CT molecular complexity index is 846. The van der Waals surface area contributed by atoms with Crippen LogP contribution in [0.25, 0.3) is 6.08 Å². The molecule has 0 atom stereocenters. The van der Waals surface area contributed by atoms with Gasteiger partial charge in [-0.1, -0.05) is 77.5 Å². The standard InChI is InChI=1S/C18H13Cl2NO2S2/c1-23-16-13(19)7-12(8-14(16)20)9-15-17(22)21(18(24)25-15)10-11-5-3-2-4-6-11/h2-9H,10H2,1H3/b15-9-. The molecule has 25 heavy (non-hydrogen) atoms. The number of hydrogen-bond donors (Lipinski definition) is 0. The van der Waals surface area contributed by atoms with Gasteiger partial charge in [-0.3, -0.25) is 9.69 Å². The SMILES string of the molecule is COc1c(Cl)cc(/C=C2\SC(=S)N(Cc3ccccc3)C2=O)cc1Cl. The monoisotopic (exact) mass is 409 g/mol. The number of hydrogen-bond acceptors (Lipinski definition) is 4. The van der Waals surface area contributed by atoms with E-state index in [4.69, 9.17) is 40.2 Å². The van der Waals surface area contributed by atoms with Crippen LogP contribution in [0.4, 0.5) is 0 Å². The molecule has 7 heteroatoms. The minimum Gasteiger partial charge on any atom is -0.494 e. The molecule has 0 aliphatic carbocycles. The van der Waals surface area contributed by atoms with Crippen LogP contribution in [0.1, 0.15) is 11.1 Å². The molecule has 1 aliphatic rings. The van der Waals surface area contributed by atoms with Crippen molar-refractivity contribution in [3.8, 4) is 5.75 Å². The molecule has 2 aromatic rings. The summed E-state index contributed by atoms with van der Waals surface area (Å²) in [4.78, 5) is 14.8. The van der Waals surface area contributed by atoms with Gasteiger partial charge in [0, 0.05) is 0 Å². The minimum absolute atomic E-state index is 0.123. The first kappa shape index (κ1) is 18.3. The molecule has 0 unspecified atom stereocenters. The molecule has 0 spiro atoms. The number of methoxy groups -OCH3 is 1. The molecule has 2 aromatic carbocycles. The van der Waals surface area contributed by atoms with Crippen molar-refractivity contribution in [1.29, 1.82) is 0 Å². The van der Waals surface area contributed by atoms with Gasteiger partial charge in [-0.15, -0.1) is 0 Å². The molecule has 1 amide bonds. The van der Waals surface area contributed by atoms with Crippen molar-refractivity contribution in [2.45, 2.75) is 6.54 Å². The Morgan fingerprint density at radius 2 is 1.84 bits per heavy atom. The van der Waals surface area contributed by atoms with E-state index in [0.717, 1.165) is 11.1 Å². The first-order chi connectivity index (χ1) is 12.0. The van der Waals surface area contributed by atoms with Crippen LogP contribution in [-0.2, 0) is 11.3 Å². The third-order valence-corrected chi connectivity index (χ3v) is 5.52. The number of halogens is 2. The number of amides is 1. The lowest BCUT2D eigenvalue weighted by Gasteiger charge is -2.14. The van der Waals surface area contributed by atoms with Gasteiger partial charge in [0.15, 0.2) is 5.75 Å². The number of carbonyl (C=O) groups is 1. The van der Waals surface area contributed by atoms with Gasteiger partial charge in [-0.2, -0.15) is 0 Å². The summed E-state index contributed by atoms with van der Waals surface area (Å²) in [6, 6.07) is 13.1. The molecule has 3 rings (SSSR count). The van der Waals surface area contributed by atoms with Crippen LogP contribution in [0.3, 0.4) is 0 Å². The van der Waals surface area contributed by atoms with Crippen molar-refractivity contribution in [3.63, 3.8) is 0 Å². The molecule has 3 nitrogen and oxygen atoms in total. The van der Waals surface area contributed by atoms with Crippen LogP contribution >= 0.6 is 47.2 Å². The van der Waals surface area contributed by atoms with E-state index in [1.165, 1.54) is 18.9 Å². The van der Waals surface area contributed by atoms with Crippen LogP contribution < -0.4 is 4.74 Å². The summed E-state index contributed by atoms with van der Waals surface area (Å²) in [7, 11) is 1.50. The van der Waals surface area contributed by atoms with Gasteiger partial charge in [0.1, 0.15) is 4.32 Å². The second-order valence-electron chi connectivity index (χ2n) is 5.27. The first-order valence-electron chi connectivity index (χ1n) is 7.32. The third-order valence-electron chi connectivity index (χ3n) is 3.58. The lowest BCUT2D eigenvalue weighted by molar-refractivity contribution is -0.122. The molecule has 1 aliphatic heterocycles. The number of carbonyl (C=O) groups excluding carboxylic acids is 1. The quantitative estimate of drug-likeness (QED) is 0.499. The fraction of sp³-hybridized carbons (Fsp3) is 0.111. The van der Waals surface area contributed by atoms with Gasteiger partial charge >= 0.3 is 0 Å². The van der Waals surface area contributed by atoms with Gasteiger partial charge in [-0.25, -0.2) is 0 Å². The summed E-state index contributed by atoms with van der Waals surface area (Å²) in [6.45, 7) is 0.451. The van der Waals surface area contributed by atoms with Crippen LogP contribution in [0.2, 0.25) is 10.0 Å². The van der Waals surface area contributed by atoms with E-state index < -0.39 is 0 Å². The smallest absolute Gasteiger partial charge is 0.266 e. The van der Waals surface area contributed by atoms with Crippen LogP contribution in [0, 0.1) is 0 Å². The van der Waals surface area contributed by atoms with E-state index in [0.29, 0.717) is 31.6 Å². The summed E-state index contributed by atoms with van der Waals surface area (Å²) < 4.78 is 5.67. The fourth-order valence-corrected chi connectivity index (χ4v) is 4.32. The maximum Gasteiger partial charge on any atom is 0.266 e. The Hall–Kier alpha value is -1.53. The molecular formula is C18H13Cl2NO2S2. The molecule has 128 valence electrons. The van der Waals surface area contributed by atoms with Crippen molar-refractivity contribution >= 4 is 63.5 Å². The zero-order chi connectivity index (χ0) is 18.0. The third kappa shape index (κ3) is 4.01. The lowest BCUT2D eigenvalue weighted by Crippen LogP contribution is -2.27. The molecule has 0 saturated carbocycles. The van der Waals surface area contributed by atoms with Gasteiger partial charge in [-0.05, 0) is 29.3 Å². The fourth-order valence-electron chi connectivity index (χ4n) is 2.41. The molecule has 1 fully saturated rings. The number of ether oxygens (including phenoxy) is 1. The molecule has 1 saturated heterocycles. The van der Waals surface area contributed by atoms with Gasteiger partial charge < -0.3 is 4.74 Å². The summed E-state index contributed by atoms with van der Waals surface area (Å²) in [5.41, 5.74) is 1.74. The highest BCUT2D eigenvalue weighted by molar-refractivity contribution is 8.26. The van der Waals surface area contributed by atoms with Crippen molar-refractivity contribution in [1.82, 2.24) is 4.90 Å². The second kappa shape index (κ2) is 7.79. The predicted octanol–water partition coefficient (Wildman–Crippen LogP) is 5.40. The number of nitrogens with zero attached hydrogens (tertiary/aromatic N) is 1. The van der Waals surface area contributed by atoms with Crippen molar-refractivity contribution in [2.24, 2.45) is 0 Å². The van der Waals surface area contributed by atoms with Crippen molar-refractivity contribution in [3.05, 3.63) is 68.5 Å². The Kier molecular flexibility index (Phi) is 5.69. The maximum absolute atomic E-state index is 12.7. The molecule has 0 bridgehead atoms. The summed E-state index contributed by atoms with van der Waals surface area (Å²) >= 11 is 18.9. The van der Waals surface area contributed by atoms with Crippen molar-refractivity contribution < 1.29 is 9.53 Å². The van der Waals surface area contributed by atoms with E-state index in [1.807, 2.05) is 30.3 Å². The normalized spacial score (nSPS) is 16.0. The first-order valence-corrected chi connectivity index (χ1v) is 9.30. The lowest BCUT2D eigenvalue weighted by atomic mass is 10.2. The number of benzene rings is 2. The van der Waals surface area contributed by atoms with Crippen LogP contribution in [0.15, 0.2) is 47.4 Å². The largest absolute Gasteiger partial charge is 0.494 e. The summed E-state index contributed by atoms with van der Waals surface area (Å²) in [6.07, 6.45) is 1.74. The second-order valence-corrected chi connectivity index (χ2v) is 7.76. The van der Waals surface area contributed by atoms with Gasteiger partial charge in [0.2, 0.25) is 0 Å². The Morgan fingerprint density at radius 1 is 1.20 bits per heavy atom. The van der Waals surface area contributed by atoms with Crippen molar-refractivity contribution in [2.75, 3.05) is 7.11 Å². The van der Waals surface area contributed by atoms with E-state index in [2.05, 4.69) is 0 Å². The predicted molar refractivity (Wildman–Crippen MR) is 108 cm³/mol. The minimum atomic E-state index is -0.123. The number of rotatable bonds is 4.